The molecule has 4 aromatic rings. The Morgan fingerprint density at radius 2 is 2.05 bits per heavy atom. The lowest BCUT2D eigenvalue weighted by molar-refractivity contribution is -0.120. The lowest BCUT2D eigenvalue weighted by Gasteiger charge is -2.19. The zero-order valence-electron chi connectivity index (χ0n) is 22.8. The normalized spacial score (nSPS) is 17.0. The van der Waals surface area contributed by atoms with Crippen molar-refractivity contribution in [3.8, 4) is 16.9 Å². The van der Waals surface area contributed by atoms with E-state index in [4.69, 9.17) is 16.6 Å². The highest BCUT2D eigenvalue weighted by Crippen LogP contribution is 2.32. The highest BCUT2D eigenvalue weighted by Gasteiger charge is 2.23. The van der Waals surface area contributed by atoms with Crippen LogP contribution in [0.5, 0.6) is 0 Å². The molecule has 3 amide bonds. The maximum absolute atomic E-state index is 13.1. The number of benzene rings is 2. The molecule has 14 heteroatoms. The first-order chi connectivity index (χ1) is 20.3. The van der Waals surface area contributed by atoms with Crippen LogP contribution in [0.15, 0.2) is 55.0 Å². The molecule has 0 spiro atoms. The summed E-state index contributed by atoms with van der Waals surface area (Å²) in [5.74, 6) is -0.213. The molecule has 42 heavy (non-hydrogen) atoms. The first-order valence-corrected chi connectivity index (χ1v) is 13.6. The molecule has 2 aromatic carbocycles. The van der Waals surface area contributed by atoms with Crippen LogP contribution in [0, 0.1) is 5.92 Å². The quantitative estimate of drug-likeness (QED) is 0.246. The Balaban J connectivity index is 1.40. The number of aromatic nitrogens is 6. The van der Waals surface area contributed by atoms with Crippen molar-refractivity contribution in [1.29, 1.82) is 0 Å². The molecule has 2 aromatic heterocycles. The van der Waals surface area contributed by atoms with Gasteiger partial charge in [-0.3, -0.25) is 14.9 Å². The third-order valence-electron chi connectivity index (χ3n) is 6.81. The summed E-state index contributed by atoms with van der Waals surface area (Å²) in [6.45, 7) is 1.85. The third-order valence-corrected chi connectivity index (χ3v) is 7.04. The zero-order valence-corrected chi connectivity index (χ0v) is 23.6. The molecule has 1 aliphatic rings. The number of carbonyl (C=O) groups is 3. The van der Waals surface area contributed by atoms with Crippen molar-refractivity contribution in [3.05, 3.63) is 71.4 Å². The number of rotatable bonds is 5. The molecule has 0 fully saturated rings. The van der Waals surface area contributed by atoms with E-state index in [1.165, 1.54) is 24.2 Å². The molecule has 0 saturated carbocycles. The molecule has 0 aliphatic carbocycles. The maximum atomic E-state index is 13.1. The number of hydrogen-bond donors (Lipinski definition) is 4. The molecular weight excluding hydrogens is 562 g/mol. The van der Waals surface area contributed by atoms with E-state index in [1.54, 1.807) is 48.7 Å². The van der Waals surface area contributed by atoms with Crippen LogP contribution >= 0.6 is 11.6 Å². The van der Waals surface area contributed by atoms with E-state index < -0.39 is 12.1 Å². The first-order valence-electron chi connectivity index (χ1n) is 13.2. The Morgan fingerprint density at radius 1 is 1.19 bits per heavy atom. The number of H-pyrrole nitrogens is 1. The van der Waals surface area contributed by atoms with Crippen molar-refractivity contribution in [3.63, 3.8) is 0 Å². The monoisotopic (exact) mass is 589 g/mol. The number of imidazole rings is 1. The van der Waals surface area contributed by atoms with Crippen molar-refractivity contribution in [1.82, 2.24) is 35.5 Å². The summed E-state index contributed by atoms with van der Waals surface area (Å²) in [5, 5.41) is 20.4. The Kier molecular flexibility index (Phi) is 8.58. The van der Waals surface area contributed by atoms with E-state index in [-0.39, 0.29) is 17.7 Å². The number of halogens is 1. The fraction of sp³-hybridized carbons (Fsp3) is 0.250. The van der Waals surface area contributed by atoms with E-state index >= 15 is 0 Å². The molecule has 1 aliphatic heterocycles. The standard InChI is InChI=1S/C28H28ClN9O4/c1-16-4-3-5-21(33-25(39)11-6-17-12-18(29)7-10-24(17)38-15-31-36-37-38)26-30-14-23(34-26)20-9-8-19(32-28(41)42-2)13-22(20)35-27(16)40/h6-16,21H,3-5H2,1-2H3,(H,30,34)(H,32,41)(H,33,39)(H,35,40)/b11-6+/t16-,21-/m0/s1. The second-order valence-electron chi connectivity index (χ2n) is 9.72. The van der Waals surface area contributed by atoms with E-state index in [2.05, 4.69) is 41.2 Å². The molecule has 5 rings (SSSR count). The number of nitrogens with one attached hydrogen (secondary N) is 4. The van der Waals surface area contributed by atoms with Crippen molar-refractivity contribution in [2.75, 3.05) is 17.7 Å². The average Bonchev–Trinajstić information content (AvgIpc) is 3.68. The first kappa shape index (κ1) is 28.5. The van der Waals surface area contributed by atoms with Gasteiger partial charge in [-0.05, 0) is 65.7 Å². The van der Waals surface area contributed by atoms with Crippen LogP contribution in [0.3, 0.4) is 0 Å². The number of carbonyl (C=O) groups excluding carboxylic acids is 3. The van der Waals surface area contributed by atoms with Crippen LogP contribution in [0.2, 0.25) is 5.02 Å². The Labute approximate surface area is 245 Å². The topological polar surface area (TPSA) is 169 Å². The van der Waals surface area contributed by atoms with Crippen molar-refractivity contribution in [2.24, 2.45) is 5.92 Å². The maximum Gasteiger partial charge on any atom is 0.411 e. The van der Waals surface area contributed by atoms with Gasteiger partial charge in [-0.1, -0.05) is 24.9 Å². The number of tetrazole rings is 1. The minimum absolute atomic E-state index is 0.161. The number of amides is 3. The molecule has 0 radical (unpaired) electrons. The lowest BCUT2D eigenvalue weighted by Crippen LogP contribution is -2.28. The molecule has 0 saturated heterocycles. The second kappa shape index (κ2) is 12.6. The van der Waals surface area contributed by atoms with Gasteiger partial charge in [-0.15, -0.1) is 5.10 Å². The highest BCUT2D eigenvalue weighted by atomic mass is 35.5. The number of anilines is 2. The SMILES string of the molecule is COC(=O)Nc1ccc2c(c1)NC(=O)[C@@H](C)CCC[C@H](NC(=O)/C=C/c1cc(Cl)ccc1-n1cnnn1)c1nc-2c[nH]1. The van der Waals surface area contributed by atoms with Crippen LogP contribution in [-0.2, 0) is 14.3 Å². The molecule has 2 bridgehead atoms. The van der Waals surface area contributed by atoms with E-state index in [0.29, 0.717) is 64.0 Å². The lowest BCUT2D eigenvalue weighted by atomic mass is 9.99. The van der Waals surface area contributed by atoms with Crippen LogP contribution in [-0.4, -0.2) is 55.2 Å². The molecular formula is C28H28ClN9O4. The summed E-state index contributed by atoms with van der Waals surface area (Å²) < 4.78 is 6.16. The van der Waals surface area contributed by atoms with Gasteiger partial charge in [0.2, 0.25) is 11.8 Å². The van der Waals surface area contributed by atoms with Crippen molar-refractivity contribution in [2.45, 2.75) is 32.2 Å². The third kappa shape index (κ3) is 6.63. The summed E-state index contributed by atoms with van der Waals surface area (Å²) in [5.41, 5.74) is 3.47. The van der Waals surface area contributed by atoms with E-state index in [9.17, 15) is 14.4 Å². The highest BCUT2D eigenvalue weighted by molar-refractivity contribution is 6.30. The van der Waals surface area contributed by atoms with Crippen LogP contribution in [0.1, 0.15) is 43.6 Å². The largest absolute Gasteiger partial charge is 0.453 e. The van der Waals surface area contributed by atoms with Gasteiger partial charge in [0.1, 0.15) is 12.2 Å². The summed E-state index contributed by atoms with van der Waals surface area (Å²) in [6, 6.07) is 9.85. The van der Waals surface area contributed by atoms with Gasteiger partial charge in [0.15, 0.2) is 0 Å². The number of methoxy groups -OCH3 is 1. The van der Waals surface area contributed by atoms with Gasteiger partial charge in [0.25, 0.3) is 0 Å². The molecule has 0 unspecified atom stereocenters. The smallest absolute Gasteiger partial charge is 0.411 e. The van der Waals surface area contributed by atoms with Crippen LogP contribution < -0.4 is 16.0 Å². The predicted octanol–water partition coefficient (Wildman–Crippen LogP) is 4.51. The number of aromatic amines is 1. The van der Waals surface area contributed by atoms with E-state index in [0.717, 1.165) is 0 Å². The van der Waals surface area contributed by atoms with Crippen molar-refractivity contribution < 1.29 is 19.1 Å². The fourth-order valence-corrected chi connectivity index (χ4v) is 4.77. The number of hydrogen-bond acceptors (Lipinski definition) is 8. The van der Waals surface area contributed by atoms with Gasteiger partial charge in [-0.2, -0.15) is 4.68 Å². The summed E-state index contributed by atoms with van der Waals surface area (Å²) >= 11 is 6.20. The average molecular weight is 590 g/mol. The molecule has 4 N–H and O–H groups in total. The van der Waals surface area contributed by atoms with Gasteiger partial charge in [0.05, 0.1) is 30.2 Å². The number of ether oxygens (including phenoxy) is 1. The van der Waals surface area contributed by atoms with Gasteiger partial charge < -0.3 is 20.4 Å². The number of fused-ring (bicyclic) bond motifs is 4. The number of nitrogens with zero attached hydrogens (tertiary/aromatic N) is 5. The van der Waals surface area contributed by atoms with Crippen LogP contribution in [0.25, 0.3) is 23.0 Å². The second-order valence-corrected chi connectivity index (χ2v) is 10.2. The predicted molar refractivity (Wildman–Crippen MR) is 156 cm³/mol. The molecule has 216 valence electrons. The zero-order chi connectivity index (χ0) is 29.6. The summed E-state index contributed by atoms with van der Waals surface area (Å²) in [4.78, 5) is 45.8. The molecule has 2 atom stereocenters. The minimum Gasteiger partial charge on any atom is -0.453 e. The van der Waals surface area contributed by atoms with Crippen LogP contribution in [0.4, 0.5) is 16.2 Å². The van der Waals surface area contributed by atoms with Crippen molar-refractivity contribution >= 4 is 47.0 Å². The summed E-state index contributed by atoms with van der Waals surface area (Å²) in [6.07, 6.45) is 7.42. The Morgan fingerprint density at radius 3 is 2.83 bits per heavy atom. The van der Waals surface area contributed by atoms with E-state index in [1.807, 2.05) is 6.92 Å². The fourth-order valence-electron chi connectivity index (χ4n) is 4.59. The Hall–Kier alpha value is -5.04. The van der Waals surface area contributed by atoms with Gasteiger partial charge >= 0.3 is 6.09 Å². The minimum atomic E-state index is -0.625. The Bertz CT molecular complexity index is 1630. The van der Waals surface area contributed by atoms with Gasteiger partial charge in [0, 0.05) is 40.0 Å². The molecule has 3 heterocycles. The molecule has 13 nitrogen and oxygen atoms in total. The van der Waals surface area contributed by atoms with Gasteiger partial charge in [-0.25, -0.2) is 9.78 Å². The summed E-state index contributed by atoms with van der Waals surface area (Å²) in [7, 11) is 1.27.